The summed E-state index contributed by atoms with van der Waals surface area (Å²) in [4.78, 5) is 9.32. The highest BCUT2D eigenvalue weighted by Gasteiger charge is 2.19. The van der Waals surface area contributed by atoms with Gasteiger partial charge in [-0.15, -0.1) is 0 Å². The molecular weight excluding hydrogens is 236 g/mol. The van der Waals surface area contributed by atoms with Gasteiger partial charge in [0, 0.05) is 12.1 Å². The Labute approximate surface area is 113 Å². The molecule has 2 unspecified atom stereocenters. The quantitative estimate of drug-likeness (QED) is 0.866. The molecule has 1 saturated heterocycles. The van der Waals surface area contributed by atoms with E-state index in [2.05, 4.69) is 22.5 Å². The van der Waals surface area contributed by atoms with E-state index in [-0.39, 0.29) is 0 Å². The van der Waals surface area contributed by atoms with Crippen molar-refractivity contribution in [2.24, 2.45) is 0 Å². The molecule has 1 aliphatic heterocycles. The van der Waals surface area contributed by atoms with E-state index in [1.165, 1.54) is 0 Å². The molecule has 1 fully saturated rings. The van der Waals surface area contributed by atoms with Crippen LogP contribution in [0.25, 0.3) is 11.0 Å². The van der Waals surface area contributed by atoms with Crippen molar-refractivity contribution in [2.75, 3.05) is 11.9 Å². The van der Waals surface area contributed by atoms with Gasteiger partial charge < -0.3 is 10.6 Å². The van der Waals surface area contributed by atoms with Crippen LogP contribution in [-0.2, 0) is 0 Å². The van der Waals surface area contributed by atoms with Crippen LogP contribution in [0, 0.1) is 6.92 Å². The summed E-state index contributed by atoms with van der Waals surface area (Å²) in [5, 5.41) is 7.02. The lowest BCUT2D eigenvalue weighted by Crippen LogP contribution is -2.41. The van der Waals surface area contributed by atoms with Crippen LogP contribution in [0.3, 0.4) is 0 Å². The SMILES string of the molecule is Cc1nc2ccccc2nc1NC1CCNC(C)C1. The van der Waals surface area contributed by atoms with Crippen LogP contribution in [0.2, 0.25) is 0 Å². The van der Waals surface area contributed by atoms with E-state index in [1.807, 2.05) is 31.2 Å². The van der Waals surface area contributed by atoms with Gasteiger partial charge in [0.25, 0.3) is 0 Å². The van der Waals surface area contributed by atoms with E-state index in [0.29, 0.717) is 12.1 Å². The third-order valence-electron chi connectivity index (χ3n) is 3.71. The second-order valence-electron chi connectivity index (χ2n) is 5.37. The van der Waals surface area contributed by atoms with Gasteiger partial charge >= 0.3 is 0 Å². The topological polar surface area (TPSA) is 49.8 Å². The Hall–Kier alpha value is -1.68. The molecule has 1 aromatic carbocycles. The number of aryl methyl sites for hydroxylation is 1. The molecule has 1 aromatic heterocycles. The van der Waals surface area contributed by atoms with E-state index in [9.17, 15) is 0 Å². The van der Waals surface area contributed by atoms with Crippen LogP contribution < -0.4 is 10.6 Å². The monoisotopic (exact) mass is 256 g/mol. The summed E-state index contributed by atoms with van der Waals surface area (Å²) in [6.07, 6.45) is 2.27. The Morgan fingerprint density at radius 2 is 1.95 bits per heavy atom. The second kappa shape index (κ2) is 5.13. The number of para-hydroxylation sites is 2. The maximum atomic E-state index is 4.70. The van der Waals surface area contributed by atoms with Gasteiger partial charge in [-0.3, -0.25) is 0 Å². The van der Waals surface area contributed by atoms with Crippen molar-refractivity contribution >= 4 is 16.9 Å². The average molecular weight is 256 g/mol. The minimum atomic E-state index is 0.491. The molecule has 0 aliphatic carbocycles. The number of nitrogens with zero attached hydrogens (tertiary/aromatic N) is 2. The number of nitrogens with one attached hydrogen (secondary N) is 2. The van der Waals surface area contributed by atoms with Crippen molar-refractivity contribution in [1.82, 2.24) is 15.3 Å². The van der Waals surface area contributed by atoms with Crippen LogP contribution >= 0.6 is 0 Å². The third-order valence-corrected chi connectivity index (χ3v) is 3.71. The number of benzene rings is 1. The molecule has 1 aliphatic rings. The van der Waals surface area contributed by atoms with Gasteiger partial charge in [-0.25, -0.2) is 9.97 Å². The number of fused-ring (bicyclic) bond motifs is 1. The first-order valence-corrected chi connectivity index (χ1v) is 6.95. The molecule has 2 N–H and O–H groups in total. The largest absolute Gasteiger partial charge is 0.366 e. The van der Waals surface area contributed by atoms with Gasteiger partial charge in [0.2, 0.25) is 0 Å². The van der Waals surface area contributed by atoms with Crippen LogP contribution in [0.15, 0.2) is 24.3 Å². The number of hydrogen-bond donors (Lipinski definition) is 2. The second-order valence-corrected chi connectivity index (χ2v) is 5.37. The fraction of sp³-hybridized carbons (Fsp3) is 0.467. The summed E-state index contributed by atoms with van der Waals surface area (Å²) in [7, 11) is 0. The molecule has 2 atom stereocenters. The fourth-order valence-corrected chi connectivity index (χ4v) is 2.68. The van der Waals surface area contributed by atoms with E-state index < -0.39 is 0 Å². The average Bonchev–Trinajstić information content (AvgIpc) is 2.40. The predicted octanol–water partition coefficient (Wildman–Crippen LogP) is 2.49. The summed E-state index contributed by atoms with van der Waals surface area (Å²) >= 11 is 0. The standard InChI is InChI=1S/C15H20N4/c1-10-9-12(7-8-16-10)18-15-11(2)17-13-5-3-4-6-14(13)19-15/h3-6,10,12,16H,7-9H2,1-2H3,(H,18,19). The molecule has 4 heteroatoms. The first-order valence-electron chi connectivity index (χ1n) is 6.95. The normalized spacial score (nSPS) is 23.5. The highest BCUT2D eigenvalue weighted by Crippen LogP contribution is 2.19. The molecule has 3 rings (SSSR count). The lowest BCUT2D eigenvalue weighted by molar-refractivity contribution is 0.395. The van der Waals surface area contributed by atoms with E-state index in [1.54, 1.807) is 0 Å². The summed E-state index contributed by atoms with van der Waals surface area (Å²) < 4.78 is 0. The Bertz CT molecular complexity index is 581. The van der Waals surface area contributed by atoms with E-state index in [4.69, 9.17) is 4.98 Å². The van der Waals surface area contributed by atoms with Gasteiger partial charge in [-0.2, -0.15) is 0 Å². The third kappa shape index (κ3) is 2.68. The van der Waals surface area contributed by atoms with Crippen LogP contribution in [-0.4, -0.2) is 28.6 Å². The lowest BCUT2D eigenvalue weighted by Gasteiger charge is -2.29. The van der Waals surface area contributed by atoms with Gasteiger partial charge in [-0.05, 0) is 45.4 Å². The molecule has 0 spiro atoms. The first-order chi connectivity index (χ1) is 9.22. The molecular formula is C15H20N4. The lowest BCUT2D eigenvalue weighted by atomic mass is 10.0. The van der Waals surface area contributed by atoms with E-state index in [0.717, 1.165) is 41.9 Å². The minimum absolute atomic E-state index is 0.491. The Morgan fingerprint density at radius 3 is 2.68 bits per heavy atom. The summed E-state index contributed by atoms with van der Waals surface area (Å²) in [5.74, 6) is 0.929. The van der Waals surface area contributed by atoms with Crippen molar-refractivity contribution in [3.05, 3.63) is 30.0 Å². The minimum Gasteiger partial charge on any atom is -0.366 e. The summed E-state index contributed by atoms with van der Waals surface area (Å²) in [6.45, 7) is 5.32. The van der Waals surface area contributed by atoms with E-state index >= 15 is 0 Å². The van der Waals surface area contributed by atoms with Crippen LogP contribution in [0.1, 0.15) is 25.5 Å². The Morgan fingerprint density at radius 1 is 1.21 bits per heavy atom. The Kier molecular flexibility index (Phi) is 3.34. The van der Waals surface area contributed by atoms with Gasteiger partial charge in [0.1, 0.15) is 5.82 Å². The maximum absolute atomic E-state index is 4.70. The van der Waals surface area contributed by atoms with Crippen molar-refractivity contribution < 1.29 is 0 Å². The number of anilines is 1. The molecule has 19 heavy (non-hydrogen) atoms. The van der Waals surface area contributed by atoms with Crippen LogP contribution in [0.4, 0.5) is 5.82 Å². The fourth-order valence-electron chi connectivity index (χ4n) is 2.68. The van der Waals surface area contributed by atoms with Gasteiger partial charge in [-0.1, -0.05) is 12.1 Å². The van der Waals surface area contributed by atoms with Crippen molar-refractivity contribution in [3.63, 3.8) is 0 Å². The molecule has 0 radical (unpaired) electrons. The highest BCUT2D eigenvalue weighted by atomic mass is 15.1. The zero-order valence-corrected chi connectivity index (χ0v) is 11.5. The number of piperidine rings is 1. The zero-order valence-electron chi connectivity index (χ0n) is 11.5. The molecule has 4 nitrogen and oxygen atoms in total. The number of hydrogen-bond acceptors (Lipinski definition) is 4. The van der Waals surface area contributed by atoms with Crippen molar-refractivity contribution in [1.29, 1.82) is 0 Å². The highest BCUT2D eigenvalue weighted by molar-refractivity contribution is 5.76. The molecule has 0 amide bonds. The number of aromatic nitrogens is 2. The maximum Gasteiger partial charge on any atom is 0.148 e. The first kappa shape index (κ1) is 12.4. The smallest absolute Gasteiger partial charge is 0.148 e. The summed E-state index contributed by atoms with van der Waals surface area (Å²) in [5.41, 5.74) is 2.90. The van der Waals surface area contributed by atoms with Crippen molar-refractivity contribution in [3.8, 4) is 0 Å². The zero-order chi connectivity index (χ0) is 13.2. The molecule has 2 heterocycles. The Balaban J connectivity index is 1.85. The van der Waals surface area contributed by atoms with Gasteiger partial charge in [0.15, 0.2) is 0 Å². The molecule has 2 aromatic rings. The molecule has 100 valence electrons. The summed E-state index contributed by atoms with van der Waals surface area (Å²) in [6, 6.07) is 9.08. The molecule has 0 saturated carbocycles. The molecule has 0 bridgehead atoms. The van der Waals surface area contributed by atoms with Crippen LogP contribution in [0.5, 0.6) is 0 Å². The predicted molar refractivity (Wildman–Crippen MR) is 78.4 cm³/mol. The van der Waals surface area contributed by atoms with Crippen molar-refractivity contribution in [2.45, 2.75) is 38.8 Å². The van der Waals surface area contributed by atoms with Gasteiger partial charge in [0.05, 0.1) is 16.7 Å². The number of rotatable bonds is 2.